The smallest absolute Gasteiger partial charge is 0.246 e. The zero-order valence-electron chi connectivity index (χ0n) is 16.2. The highest BCUT2D eigenvalue weighted by Crippen LogP contribution is 2.43. The number of aromatic amines is 1. The van der Waals surface area contributed by atoms with Gasteiger partial charge >= 0.3 is 0 Å². The van der Waals surface area contributed by atoms with Gasteiger partial charge in [-0.15, -0.1) is 0 Å². The molecule has 7 nitrogen and oxygen atoms in total. The molecule has 1 aromatic carbocycles. The lowest BCUT2D eigenvalue weighted by Crippen LogP contribution is -2.65. The van der Waals surface area contributed by atoms with Crippen LogP contribution in [-0.4, -0.2) is 65.7 Å². The van der Waals surface area contributed by atoms with Crippen molar-refractivity contribution >= 4 is 22.7 Å². The van der Waals surface area contributed by atoms with Crippen molar-refractivity contribution in [3.8, 4) is 0 Å². The Morgan fingerprint density at radius 1 is 1.14 bits per heavy atom. The molecule has 1 aromatic heterocycles. The number of methoxy groups -OCH3 is 2. The largest absolute Gasteiger partial charge is 0.356 e. The Kier molecular flexibility index (Phi) is 4.17. The molecule has 2 aromatic rings. The van der Waals surface area contributed by atoms with Gasteiger partial charge in [0.1, 0.15) is 12.1 Å². The molecule has 4 heterocycles. The number of benzene rings is 1. The van der Waals surface area contributed by atoms with Crippen molar-refractivity contribution in [3.05, 3.63) is 35.5 Å². The molecule has 3 aliphatic heterocycles. The van der Waals surface area contributed by atoms with Crippen LogP contribution in [0.4, 0.5) is 0 Å². The van der Waals surface area contributed by atoms with E-state index in [9.17, 15) is 9.59 Å². The molecule has 2 saturated heterocycles. The Morgan fingerprint density at radius 3 is 2.71 bits per heavy atom. The number of para-hydroxylation sites is 1. The van der Waals surface area contributed by atoms with Gasteiger partial charge in [-0.3, -0.25) is 9.59 Å². The number of piperazine rings is 1. The summed E-state index contributed by atoms with van der Waals surface area (Å²) in [5.74, 6) is 0.136. The first-order valence-electron chi connectivity index (χ1n) is 9.91. The molecule has 2 amide bonds. The Balaban J connectivity index is 1.65. The van der Waals surface area contributed by atoms with Crippen LogP contribution in [0.3, 0.4) is 0 Å². The van der Waals surface area contributed by atoms with Gasteiger partial charge in [0, 0.05) is 50.2 Å². The highest BCUT2D eigenvalue weighted by molar-refractivity contribution is 5.99. The van der Waals surface area contributed by atoms with E-state index in [1.54, 1.807) is 19.1 Å². The highest BCUT2D eigenvalue weighted by Gasteiger charge is 2.53. The van der Waals surface area contributed by atoms with E-state index in [4.69, 9.17) is 9.47 Å². The number of carbonyl (C=O) groups is 2. The molecular formula is C21H25N3O4. The van der Waals surface area contributed by atoms with Crippen LogP contribution in [0.5, 0.6) is 0 Å². The Labute approximate surface area is 163 Å². The van der Waals surface area contributed by atoms with E-state index in [0.717, 1.165) is 35.0 Å². The van der Waals surface area contributed by atoms with Crippen LogP contribution in [0.15, 0.2) is 24.3 Å². The molecule has 5 rings (SSSR count). The molecule has 0 radical (unpaired) electrons. The molecule has 0 unspecified atom stereocenters. The number of amides is 2. The van der Waals surface area contributed by atoms with Crippen molar-refractivity contribution in [2.75, 3.05) is 20.8 Å². The number of carbonyl (C=O) groups excluding carboxylic acids is 2. The number of nitrogens with one attached hydrogen (secondary N) is 1. The monoisotopic (exact) mass is 383 g/mol. The fourth-order valence-electron chi connectivity index (χ4n) is 5.24. The van der Waals surface area contributed by atoms with E-state index < -0.39 is 12.3 Å². The van der Waals surface area contributed by atoms with Crippen LogP contribution < -0.4 is 0 Å². The maximum absolute atomic E-state index is 13.4. The third kappa shape index (κ3) is 2.42. The first kappa shape index (κ1) is 17.7. The number of aromatic nitrogens is 1. The molecule has 1 N–H and O–H groups in total. The summed E-state index contributed by atoms with van der Waals surface area (Å²) in [5, 5.41) is 1.12. The van der Waals surface area contributed by atoms with Crippen LogP contribution in [0.1, 0.15) is 36.6 Å². The third-order valence-corrected chi connectivity index (χ3v) is 6.55. The van der Waals surface area contributed by atoms with Crippen molar-refractivity contribution < 1.29 is 19.1 Å². The molecular weight excluding hydrogens is 358 g/mol. The lowest BCUT2D eigenvalue weighted by Gasteiger charge is -2.48. The van der Waals surface area contributed by atoms with Gasteiger partial charge in [0.15, 0.2) is 6.29 Å². The molecule has 0 bridgehead atoms. The average molecular weight is 383 g/mol. The van der Waals surface area contributed by atoms with Gasteiger partial charge in [0.2, 0.25) is 11.8 Å². The first-order valence-corrected chi connectivity index (χ1v) is 9.91. The van der Waals surface area contributed by atoms with Gasteiger partial charge in [-0.05, 0) is 24.5 Å². The van der Waals surface area contributed by atoms with E-state index in [0.29, 0.717) is 19.4 Å². The summed E-state index contributed by atoms with van der Waals surface area (Å²) >= 11 is 0. The molecule has 2 fully saturated rings. The predicted octanol–water partition coefficient (Wildman–Crippen LogP) is 1.98. The van der Waals surface area contributed by atoms with Crippen LogP contribution >= 0.6 is 0 Å². The van der Waals surface area contributed by atoms with Crippen LogP contribution in [0.25, 0.3) is 10.9 Å². The van der Waals surface area contributed by atoms with Crippen LogP contribution in [-0.2, 0) is 25.5 Å². The highest BCUT2D eigenvalue weighted by atomic mass is 16.7. The second-order valence-corrected chi connectivity index (χ2v) is 7.87. The molecule has 7 heteroatoms. The lowest BCUT2D eigenvalue weighted by molar-refractivity contribution is -0.168. The lowest BCUT2D eigenvalue weighted by atomic mass is 9.86. The second-order valence-electron chi connectivity index (χ2n) is 7.87. The number of hydrogen-bond acceptors (Lipinski definition) is 4. The summed E-state index contributed by atoms with van der Waals surface area (Å²) in [6, 6.07) is 7.07. The third-order valence-electron chi connectivity index (χ3n) is 6.55. The molecule has 148 valence electrons. The topological polar surface area (TPSA) is 74.9 Å². The van der Waals surface area contributed by atoms with Crippen LogP contribution in [0, 0.1) is 0 Å². The fourth-order valence-corrected chi connectivity index (χ4v) is 5.24. The normalized spacial score (nSPS) is 26.8. The zero-order valence-corrected chi connectivity index (χ0v) is 16.2. The molecule has 0 spiro atoms. The van der Waals surface area contributed by atoms with Crippen molar-refractivity contribution in [1.29, 1.82) is 0 Å². The number of ether oxygens (including phenoxy) is 2. The van der Waals surface area contributed by atoms with Gasteiger partial charge in [-0.25, -0.2) is 0 Å². The van der Waals surface area contributed by atoms with E-state index in [1.165, 1.54) is 0 Å². The number of hydrogen-bond donors (Lipinski definition) is 1. The van der Waals surface area contributed by atoms with Gasteiger partial charge in [-0.2, -0.15) is 0 Å². The average Bonchev–Trinajstić information content (AvgIpc) is 3.35. The molecule has 28 heavy (non-hydrogen) atoms. The summed E-state index contributed by atoms with van der Waals surface area (Å²) in [4.78, 5) is 33.8. The zero-order chi connectivity index (χ0) is 19.4. The van der Waals surface area contributed by atoms with Gasteiger partial charge in [0.25, 0.3) is 0 Å². The van der Waals surface area contributed by atoms with E-state index >= 15 is 0 Å². The molecule has 3 aliphatic rings. The minimum absolute atomic E-state index is 0.0577. The standard InChI is InChI=1S/C21H25N3O4/c1-27-18(28-2)11-16-19-13(12-6-3-4-7-14(12)22-19)10-17-20(25)23-9-5-8-15(23)21(26)24(16)17/h3-4,6-7,15-18,22H,5,8-11H2,1-2H3/t15-,16-,17-/m0/s1. The van der Waals surface area contributed by atoms with Crippen molar-refractivity contribution in [2.45, 2.75) is 50.1 Å². The van der Waals surface area contributed by atoms with Gasteiger partial charge in [-0.1, -0.05) is 18.2 Å². The van der Waals surface area contributed by atoms with Crippen molar-refractivity contribution in [1.82, 2.24) is 14.8 Å². The Morgan fingerprint density at radius 2 is 1.93 bits per heavy atom. The molecule has 0 saturated carbocycles. The SMILES string of the molecule is COC(C[C@H]1c2[nH]c3ccccc3c2C[C@H]2C(=O)N3CCC[C@H]3C(=O)N21)OC. The summed E-state index contributed by atoms with van der Waals surface area (Å²) in [5.41, 5.74) is 3.17. The summed E-state index contributed by atoms with van der Waals surface area (Å²) < 4.78 is 10.9. The second kappa shape index (κ2) is 6.60. The van der Waals surface area contributed by atoms with Gasteiger partial charge < -0.3 is 24.3 Å². The van der Waals surface area contributed by atoms with E-state index in [2.05, 4.69) is 11.1 Å². The summed E-state index contributed by atoms with van der Waals surface area (Å²) in [6.45, 7) is 0.684. The first-order chi connectivity index (χ1) is 13.6. The Hall–Kier alpha value is -2.38. The number of rotatable bonds is 4. The predicted molar refractivity (Wildman–Crippen MR) is 103 cm³/mol. The minimum Gasteiger partial charge on any atom is -0.356 e. The number of fused-ring (bicyclic) bond motifs is 5. The Bertz CT molecular complexity index is 935. The van der Waals surface area contributed by atoms with Crippen LogP contribution in [0.2, 0.25) is 0 Å². The minimum atomic E-state index is -0.451. The number of nitrogens with zero attached hydrogens (tertiary/aromatic N) is 2. The van der Waals surface area contributed by atoms with Crippen molar-refractivity contribution in [3.63, 3.8) is 0 Å². The van der Waals surface area contributed by atoms with Crippen molar-refractivity contribution in [2.24, 2.45) is 0 Å². The summed E-state index contributed by atoms with van der Waals surface area (Å²) in [6.07, 6.45) is 2.22. The molecule has 3 atom stereocenters. The quantitative estimate of drug-likeness (QED) is 0.820. The van der Waals surface area contributed by atoms with E-state index in [-0.39, 0.29) is 23.9 Å². The summed E-state index contributed by atoms with van der Waals surface area (Å²) in [7, 11) is 3.20. The maximum atomic E-state index is 13.4. The molecule has 0 aliphatic carbocycles. The van der Waals surface area contributed by atoms with Gasteiger partial charge in [0.05, 0.1) is 6.04 Å². The maximum Gasteiger partial charge on any atom is 0.246 e. The van der Waals surface area contributed by atoms with E-state index in [1.807, 2.05) is 23.1 Å². The number of H-pyrrole nitrogens is 1. The fraction of sp³-hybridized carbons (Fsp3) is 0.524.